The summed E-state index contributed by atoms with van der Waals surface area (Å²) in [4.78, 5) is 10.0. The van der Waals surface area contributed by atoms with E-state index in [-0.39, 0.29) is 28.6 Å². The molecule has 0 fully saturated rings. The van der Waals surface area contributed by atoms with Gasteiger partial charge >= 0.3 is 23.1 Å². The molecule has 1 heterocycles. The maximum absolute atomic E-state index is 10.0. The van der Waals surface area contributed by atoms with E-state index < -0.39 is 10.4 Å². The fourth-order valence-electron chi connectivity index (χ4n) is 0.222. The second-order valence-corrected chi connectivity index (χ2v) is 2.82. The van der Waals surface area contributed by atoms with E-state index in [0.29, 0.717) is 0 Å². The Labute approximate surface area is 88.5 Å². The number of rotatable bonds is 0. The third-order valence-corrected chi connectivity index (χ3v) is 1.04. The molecule has 1 aromatic rings. The van der Waals surface area contributed by atoms with E-state index in [1.54, 1.807) is 5.38 Å². The number of hydrogen-bond acceptors (Lipinski definition) is 6. The van der Waals surface area contributed by atoms with E-state index in [1.165, 1.54) is 17.6 Å². The van der Waals surface area contributed by atoms with E-state index >= 15 is 0 Å². The van der Waals surface area contributed by atoms with E-state index in [4.69, 9.17) is 17.5 Å². The van der Waals surface area contributed by atoms with Gasteiger partial charge in [0.25, 0.3) is 5.56 Å². The van der Waals surface area contributed by atoms with Crippen molar-refractivity contribution in [2.45, 2.75) is 0 Å². The largest absolute Gasteiger partial charge is 2.00 e. The minimum absolute atomic E-state index is 0. The second-order valence-electron chi connectivity index (χ2n) is 1.30. The molecule has 6 nitrogen and oxygen atoms in total. The summed E-state index contributed by atoms with van der Waals surface area (Å²) in [5, 5.41) is 1.71. The van der Waals surface area contributed by atoms with E-state index in [2.05, 4.69) is 4.37 Å². The molecule has 1 rings (SSSR count). The quantitative estimate of drug-likeness (QED) is 0.333. The molecular weight excluding hydrogens is 218 g/mol. The molecule has 0 unspecified atom stereocenters. The van der Waals surface area contributed by atoms with Crippen LogP contribution in [-0.4, -0.2) is 44.9 Å². The number of aromatic nitrogens is 1. The van der Waals surface area contributed by atoms with Crippen molar-refractivity contribution in [2.24, 2.45) is 0 Å². The first-order chi connectivity index (χ1) is 4.89. The molecule has 0 aromatic carbocycles. The van der Waals surface area contributed by atoms with Gasteiger partial charge in [-0.05, 0) is 0 Å². The van der Waals surface area contributed by atoms with Gasteiger partial charge in [0.2, 0.25) is 0 Å². The third kappa shape index (κ3) is 16.6. The van der Waals surface area contributed by atoms with Gasteiger partial charge in [0.1, 0.15) is 0 Å². The van der Waals surface area contributed by atoms with E-state index in [0.717, 1.165) is 0 Å². The van der Waals surface area contributed by atoms with Crippen LogP contribution in [0.4, 0.5) is 0 Å². The molecule has 0 atom stereocenters. The average Bonchev–Trinajstić information content (AvgIpc) is 2.12. The van der Waals surface area contributed by atoms with Gasteiger partial charge in [0.15, 0.2) is 0 Å². The molecule has 1 aromatic heterocycles. The van der Waals surface area contributed by atoms with Gasteiger partial charge in [-0.1, -0.05) is 11.5 Å². The van der Waals surface area contributed by atoms with E-state index in [1.807, 2.05) is 0 Å². The predicted octanol–water partition coefficient (Wildman–Crippen LogP) is -1.28. The predicted molar refractivity (Wildman–Crippen MR) is 41.2 cm³/mol. The van der Waals surface area contributed by atoms with Crippen LogP contribution in [0.15, 0.2) is 16.2 Å². The van der Waals surface area contributed by atoms with Crippen molar-refractivity contribution in [1.29, 1.82) is 0 Å². The SMILES string of the molecule is O=S(=O)([O-])[O-].O=c1ccs[nH]1.[Mg+2]. The van der Waals surface area contributed by atoms with Gasteiger partial charge in [-0.3, -0.25) is 17.6 Å². The molecular formula is C3H3MgNO5S2. The molecule has 0 radical (unpaired) electrons. The Morgan fingerprint density at radius 2 is 1.83 bits per heavy atom. The molecule has 64 valence electrons. The van der Waals surface area contributed by atoms with Gasteiger partial charge in [-0.25, -0.2) is 0 Å². The van der Waals surface area contributed by atoms with Crippen LogP contribution < -0.4 is 5.56 Å². The molecule has 0 saturated heterocycles. The molecule has 0 aliphatic heterocycles. The summed E-state index contributed by atoms with van der Waals surface area (Å²) in [6, 6.07) is 1.49. The fraction of sp³-hybridized carbons (Fsp3) is 0. The second kappa shape index (κ2) is 6.57. The summed E-state index contributed by atoms with van der Waals surface area (Å²) < 4.78 is 36.6. The first-order valence-corrected chi connectivity index (χ1v) is 4.40. The maximum atomic E-state index is 10.0. The fourth-order valence-corrected chi connectivity index (χ4v) is 0.666. The van der Waals surface area contributed by atoms with Gasteiger partial charge in [0.05, 0.1) is 0 Å². The van der Waals surface area contributed by atoms with Crippen LogP contribution in [-0.2, 0) is 10.4 Å². The minimum Gasteiger partial charge on any atom is -0.759 e. The molecule has 12 heavy (non-hydrogen) atoms. The first-order valence-electron chi connectivity index (χ1n) is 2.18. The van der Waals surface area contributed by atoms with Crippen molar-refractivity contribution in [2.75, 3.05) is 0 Å². The van der Waals surface area contributed by atoms with Crippen molar-refractivity contribution in [3.05, 3.63) is 21.8 Å². The molecule has 0 aliphatic carbocycles. The topological polar surface area (TPSA) is 113 Å². The Kier molecular flexibility index (Phi) is 7.98. The molecule has 1 N–H and O–H groups in total. The molecule has 0 amide bonds. The van der Waals surface area contributed by atoms with Crippen molar-refractivity contribution >= 4 is 45.0 Å². The molecule has 9 heteroatoms. The summed E-state index contributed by atoms with van der Waals surface area (Å²) in [7, 11) is -5.17. The van der Waals surface area contributed by atoms with Crippen LogP contribution in [0.3, 0.4) is 0 Å². The number of nitrogens with one attached hydrogen (secondary N) is 1. The Morgan fingerprint density at radius 1 is 1.42 bits per heavy atom. The van der Waals surface area contributed by atoms with Crippen LogP contribution in [0.5, 0.6) is 0 Å². The monoisotopic (exact) mass is 221 g/mol. The first kappa shape index (κ1) is 14.6. The van der Waals surface area contributed by atoms with Crippen molar-refractivity contribution in [3.8, 4) is 0 Å². The Morgan fingerprint density at radius 3 is 1.92 bits per heavy atom. The van der Waals surface area contributed by atoms with Crippen molar-refractivity contribution in [3.63, 3.8) is 0 Å². The summed E-state index contributed by atoms with van der Waals surface area (Å²) in [5.74, 6) is 0. The maximum Gasteiger partial charge on any atom is 2.00 e. The molecule has 0 spiro atoms. The summed E-state index contributed by atoms with van der Waals surface area (Å²) in [6.45, 7) is 0. The zero-order valence-corrected chi connectivity index (χ0v) is 8.77. The Bertz CT molecular complexity index is 315. The average molecular weight is 221 g/mol. The van der Waals surface area contributed by atoms with Crippen molar-refractivity contribution in [1.82, 2.24) is 4.37 Å². The summed E-state index contributed by atoms with van der Waals surface area (Å²) >= 11 is 1.30. The van der Waals surface area contributed by atoms with Gasteiger partial charge in [0, 0.05) is 21.8 Å². The molecule has 0 saturated carbocycles. The van der Waals surface area contributed by atoms with Crippen LogP contribution >= 0.6 is 11.5 Å². The van der Waals surface area contributed by atoms with Crippen LogP contribution in [0.25, 0.3) is 0 Å². The van der Waals surface area contributed by atoms with Crippen molar-refractivity contribution < 1.29 is 17.5 Å². The number of aromatic amines is 1. The number of H-pyrrole nitrogens is 1. The minimum atomic E-state index is -5.17. The standard InChI is InChI=1S/C3H3NOS.Mg.H2O4S/c5-3-1-2-6-4-3;;1-5(2,3)4/h1-2H,(H,4,5);;(H2,1,2,3,4)/q;+2;/p-2. The Hall–Kier alpha value is 0.0662. The number of hydrogen-bond donors (Lipinski definition) is 1. The normalized spacial score (nSPS) is 9.17. The van der Waals surface area contributed by atoms with Crippen LogP contribution in [0.2, 0.25) is 0 Å². The molecule has 0 aliphatic rings. The Balaban J connectivity index is 0. The van der Waals surface area contributed by atoms with Gasteiger partial charge in [-0.15, -0.1) is 0 Å². The summed E-state index contributed by atoms with van der Waals surface area (Å²) in [5.41, 5.74) is -0.0139. The third-order valence-electron chi connectivity index (χ3n) is 0.447. The smallest absolute Gasteiger partial charge is 0.759 e. The zero-order valence-electron chi connectivity index (χ0n) is 5.72. The van der Waals surface area contributed by atoms with Gasteiger partial charge < -0.3 is 9.11 Å². The van der Waals surface area contributed by atoms with Crippen LogP contribution in [0.1, 0.15) is 0 Å². The van der Waals surface area contributed by atoms with Crippen LogP contribution in [0, 0.1) is 0 Å². The molecule has 0 bridgehead atoms. The summed E-state index contributed by atoms with van der Waals surface area (Å²) in [6.07, 6.45) is 0. The van der Waals surface area contributed by atoms with E-state index in [9.17, 15) is 4.79 Å². The van der Waals surface area contributed by atoms with Gasteiger partial charge in [-0.2, -0.15) is 0 Å². The zero-order chi connectivity index (χ0) is 8.91.